The molecule has 1 aromatic heterocycles. The molecule has 0 N–H and O–H groups in total. The lowest BCUT2D eigenvalue weighted by Crippen LogP contribution is -2.49. The van der Waals surface area contributed by atoms with Crippen molar-refractivity contribution in [2.45, 2.75) is 18.8 Å². The van der Waals surface area contributed by atoms with Gasteiger partial charge in [0.25, 0.3) is 5.91 Å². The van der Waals surface area contributed by atoms with Crippen LogP contribution >= 0.6 is 0 Å². The minimum atomic E-state index is -0.867. The first-order valence-corrected chi connectivity index (χ1v) is 8.47. The average molecular weight is 358 g/mol. The topological polar surface area (TPSA) is 73.4 Å². The second-order valence-corrected chi connectivity index (χ2v) is 6.50. The second kappa shape index (κ2) is 6.41. The summed E-state index contributed by atoms with van der Waals surface area (Å²) >= 11 is 0. The molecule has 1 aliphatic carbocycles. The molecule has 1 saturated heterocycles. The van der Waals surface area contributed by atoms with Gasteiger partial charge in [-0.2, -0.15) is 5.26 Å². The Bertz CT molecular complexity index is 893. The molecule has 1 saturated carbocycles. The number of hydrogen-bond donors (Lipinski definition) is 0. The Kier molecular flexibility index (Phi) is 4.07. The Morgan fingerprint density at radius 3 is 2.58 bits per heavy atom. The van der Waals surface area contributed by atoms with Gasteiger partial charge in [-0.15, -0.1) is 0 Å². The Morgan fingerprint density at radius 1 is 1.23 bits per heavy atom. The minimum Gasteiger partial charge on any atom is -0.423 e. The summed E-state index contributed by atoms with van der Waals surface area (Å²) in [5.41, 5.74) is 0.115. The van der Waals surface area contributed by atoms with Crippen LogP contribution < -0.4 is 4.90 Å². The van der Waals surface area contributed by atoms with Crippen molar-refractivity contribution >= 4 is 11.8 Å². The molecule has 1 aromatic carbocycles. The fourth-order valence-corrected chi connectivity index (χ4v) is 3.07. The fraction of sp³-hybridized carbons (Fsp3) is 0.389. The van der Waals surface area contributed by atoms with E-state index in [9.17, 15) is 18.8 Å². The number of carbonyl (C=O) groups is 1. The van der Waals surface area contributed by atoms with E-state index in [1.807, 2.05) is 4.90 Å². The van der Waals surface area contributed by atoms with Gasteiger partial charge in [0.2, 0.25) is 17.5 Å². The fourth-order valence-electron chi connectivity index (χ4n) is 3.07. The van der Waals surface area contributed by atoms with Gasteiger partial charge in [-0.25, -0.2) is 13.8 Å². The van der Waals surface area contributed by atoms with Crippen LogP contribution in [0.3, 0.4) is 0 Å². The summed E-state index contributed by atoms with van der Waals surface area (Å²) < 4.78 is 32.6. The van der Waals surface area contributed by atoms with Crippen molar-refractivity contribution in [2.75, 3.05) is 31.1 Å². The second-order valence-electron chi connectivity index (χ2n) is 6.50. The van der Waals surface area contributed by atoms with Crippen LogP contribution in [0.1, 0.15) is 40.7 Å². The average Bonchev–Trinajstić information content (AvgIpc) is 3.40. The van der Waals surface area contributed by atoms with Gasteiger partial charge in [-0.1, -0.05) is 0 Å². The number of aromatic nitrogens is 1. The van der Waals surface area contributed by atoms with Crippen molar-refractivity contribution < 1.29 is 18.0 Å². The van der Waals surface area contributed by atoms with Gasteiger partial charge in [-0.05, 0) is 25.0 Å². The monoisotopic (exact) mass is 358 g/mol. The number of anilines is 1. The molecule has 0 unspecified atom stereocenters. The van der Waals surface area contributed by atoms with Crippen LogP contribution in [0.15, 0.2) is 22.6 Å². The third-order valence-electron chi connectivity index (χ3n) is 4.67. The molecular weight excluding hydrogens is 342 g/mol. The van der Waals surface area contributed by atoms with E-state index in [0.717, 1.165) is 25.0 Å². The number of nitrogens with zero attached hydrogens (tertiary/aromatic N) is 4. The van der Waals surface area contributed by atoms with Gasteiger partial charge < -0.3 is 14.2 Å². The van der Waals surface area contributed by atoms with E-state index in [0.29, 0.717) is 49.9 Å². The summed E-state index contributed by atoms with van der Waals surface area (Å²) in [6.07, 6.45) is 2.05. The molecule has 2 aromatic rings. The summed E-state index contributed by atoms with van der Waals surface area (Å²) in [6.45, 7) is 1.59. The van der Waals surface area contributed by atoms with Gasteiger partial charge in [-0.3, -0.25) is 4.79 Å². The zero-order valence-corrected chi connectivity index (χ0v) is 13.9. The van der Waals surface area contributed by atoms with Crippen LogP contribution in [0.25, 0.3) is 0 Å². The van der Waals surface area contributed by atoms with Gasteiger partial charge in [0, 0.05) is 38.2 Å². The van der Waals surface area contributed by atoms with Crippen molar-refractivity contribution in [1.82, 2.24) is 9.88 Å². The summed E-state index contributed by atoms with van der Waals surface area (Å²) in [5, 5.41) is 9.27. The van der Waals surface area contributed by atoms with Crippen LogP contribution in [-0.4, -0.2) is 42.0 Å². The lowest BCUT2D eigenvalue weighted by Gasteiger charge is -2.34. The Labute approximate surface area is 148 Å². The molecule has 1 aliphatic heterocycles. The number of benzene rings is 1. The number of hydrogen-bond acceptors (Lipinski definition) is 5. The van der Waals surface area contributed by atoms with Crippen molar-refractivity contribution in [3.8, 4) is 6.07 Å². The first kappa shape index (κ1) is 16.5. The number of nitriles is 1. The number of oxazole rings is 1. The van der Waals surface area contributed by atoms with E-state index < -0.39 is 17.5 Å². The highest BCUT2D eigenvalue weighted by atomic mass is 19.1. The largest absolute Gasteiger partial charge is 0.423 e. The molecule has 0 radical (unpaired) electrons. The Morgan fingerprint density at radius 2 is 1.96 bits per heavy atom. The van der Waals surface area contributed by atoms with Crippen LogP contribution in [0.2, 0.25) is 0 Å². The molecule has 0 atom stereocenters. The van der Waals surface area contributed by atoms with Crippen LogP contribution in [0, 0.1) is 23.0 Å². The predicted octanol–water partition coefficient (Wildman–Crippen LogP) is 2.66. The highest BCUT2D eigenvalue weighted by Gasteiger charge is 2.33. The number of rotatable bonds is 3. The van der Waals surface area contributed by atoms with Gasteiger partial charge in [0.15, 0.2) is 0 Å². The molecular formula is C18H16F2N4O2. The van der Waals surface area contributed by atoms with Crippen LogP contribution in [0.4, 0.5) is 14.7 Å². The van der Waals surface area contributed by atoms with Crippen molar-refractivity contribution in [2.24, 2.45) is 0 Å². The van der Waals surface area contributed by atoms with Gasteiger partial charge in [0.1, 0.15) is 17.7 Å². The quantitative estimate of drug-likeness (QED) is 0.843. The van der Waals surface area contributed by atoms with E-state index in [1.165, 1.54) is 4.90 Å². The molecule has 0 bridgehead atoms. The lowest BCUT2D eigenvalue weighted by atomic mass is 10.1. The normalized spacial score (nSPS) is 17.3. The predicted molar refractivity (Wildman–Crippen MR) is 87.7 cm³/mol. The molecule has 8 heteroatoms. The van der Waals surface area contributed by atoms with Crippen molar-refractivity contribution in [3.63, 3.8) is 0 Å². The molecule has 2 heterocycles. The lowest BCUT2D eigenvalue weighted by molar-refractivity contribution is 0.0740. The molecule has 6 nitrogen and oxygen atoms in total. The van der Waals surface area contributed by atoms with E-state index in [1.54, 1.807) is 0 Å². The minimum absolute atomic E-state index is 0.145. The highest BCUT2D eigenvalue weighted by molar-refractivity contribution is 5.94. The van der Waals surface area contributed by atoms with E-state index in [-0.39, 0.29) is 11.3 Å². The summed E-state index contributed by atoms with van der Waals surface area (Å²) in [4.78, 5) is 20.1. The maximum absolute atomic E-state index is 13.8. The van der Waals surface area contributed by atoms with Crippen LogP contribution in [0.5, 0.6) is 0 Å². The smallest absolute Gasteiger partial charge is 0.256 e. The Balaban J connectivity index is 1.46. The number of piperazine rings is 1. The Hall–Kier alpha value is -2.95. The maximum Gasteiger partial charge on any atom is 0.256 e. The van der Waals surface area contributed by atoms with Gasteiger partial charge >= 0.3 is 0 Å². The molecule has 134 valence electrons. The van der Waals surface area contributed by atoms with E-state index >= 15 is 0 Å². The summed E-state index contributed by atoms with van der Waals surface area (Å²) in [5.74, 6) is -0.713. The van der Waals surface area contributed by atoms with Crippen LogP contribution in [-0.2, 0) is 0 Å². The third-order valence-corrected chi connectivity index (χ3v) is 4.67. The van der Waals surface area contributed by atoms with Crippen molar-refractivity contribution in [3.05, 3.63) is 47.0 Å². The van der Waals surface area contributed by atoms with Crippen molar-refractivity contribution in [1.29, 1.82) is 5.26 Å². The maximum atomic E-state index is 13.8. The van der Waals surface area contributed by atoms with Gasteiger partial charge in [0.05, 0.1) is 5.56 Å². The molecule has 2 fully saturated rings. The molecule has 1 amide bonds. The summed E-state index contributed by atoms with van der Waals surface area (Å²) in [7, 11) is 0. The van der Waals surface area contributed by atoms with E-state index in [4.69, 9.17) is 4.42 Å². The third kappa shape index (κ3) is 3.01. The first-order valence-electron chi connectivity index (χ1n) is 8.47. The number of amides is 1. The summed E-state index contributed by atoms with van der Waals surface area (Å²) in [6, 6.07) is 4.99. The zero-order valence-electron chi connectivity index (χ0n) is 13.9. The number of halogens is 2. The molecule has 26 heavy (non-hydrogen) atoms. The molecule has 0 spiro atoms. The molecule has 4 rings (SSSR count). The highest BCUT2D eigenvalue weighted by Crippen LogP contribution is 2.41. The number of carbonyl (C=O) groups excluding carboxylic acids is 1. The van der Waals surface area contributed by atoms with E-state index in [2.05, 4.69) is 11.1 Å². The first-order chi connectivity index (χ1) is 12.6. The zero-order chi connectivity index (χ0) is 18.3. The SMILES string of the molecule is N#Cc1nc(C2CC2)oc1N1CCN(C(=O)c2ccc(F)cc2F)CC1. The standard InChI is InChI=1S/C18H16F2N4O2/c19-12-3-4-13(14(20)9-12)17(25)23-5-7-24(8-6-23)18-15(10-21)22-16(26-18)11-1-2-11/h3-4,9,11H,1-2,5-8H2. The molecule has 2 aliphatic rings.